The van der Waals surface area contributed by atoms with E-state index in [0.717, 1.165) is 6.42 Å². The molecule has 0 heterocycles. The molecule has 0 aromatic carbocycles. The van der Waals surface area contributed by atoms with Crippen LogP contribution in [0.4, 0.5) is 0 Å². The highest BCUT2D eigenvalue weighted by Crippen LogP contribution is 2.24. The Morgan fingerprint density at radius 1 is 1.40 bits per heavy atom. The zero-order chi connectivity index (χ0) is 11.1. The van der Waals surface area contributed by atoms with Crippen molar-refractivity contribution < 1.29 is 0 Å². The summed E-state index contributed by atoms with van der Waals surface area (Å²) in [5.74, 6) is 0.682. The molecular weight excluding hydrogens is 180 g/mol. The molecule has 0 radical (unpaired) electrons. The van der Waals surface area contributed by atoms with Gasteiger partial charge in [-0.15, -0.1) is 0 Å². The molecule has 1 unspecified atom stereocenters. The van der Waals surface area contributed by atoms with Gasteiger partial charge in [0.15, 0.2) is 0 Å². The van der Waals surface area contributed by atoms with E-state index in [1.165, 1.54) is 24.0 Å². The first-order chi connectivity index (χ1) is 7.26. The third-order valence-electron chi connectivity index (χ3n) is 2.79. The van der Waals surface area contributed by atoms with E-state index >= 15 is 0 Å². The van der Waals surface area contributed by atoms with Crippen LogP contribution < -0.4 is 0 Å². The summed E-state index contributed by atoms with van der Waals surface area (Å²) in [4.78, 5) is 0. The highest BCUT2D eigenvalue weighted by Gasteiger charge is 2.08. The lowest BCUT2D eigenvalue weighted by atomic mass is 9.98. The molecule has 82 valence electrons. The van der Waals surface area contributed by atoms with Crippen molar-refractivity contribution in [2.75, 3.05) is 0 Å². The normalized spacial score (nSPS) is 23.0. The molecule has 1 atom stereocenters. The summed E-state index contributed by atoms with van der Waals surface area (Å²) in [6.07, 6.45) is 17.0. The molecule has 0 fully saturated rings. The third kappa shape index (κ3) is 4.33. The summed E-state index contributed by atoms with van der Waals surface area (Å²) in [6, 6.07) is 0. The smallest absolute Gasteiger partial charge is 0.0158 e. The summed E-state index contributed by atoms with van der Waals surface area (Å²) in [5.41, 5.74) is 3.00. The SMILES string of the molecule is CC=CC=CC1CC=C(CC)C=C(C)C1. The maximum absolute atomic E-state index is 2.39. The van der Waals surface area contributed by atoms with Crippen molar-refractivity contribution >= 4 is 0 Å². The molecule has 0 aliphatic heterocycles. The van der Waals surface area contributed by atoms with Gasteiger partial charge in [-0.05, 0) is 39.0 Å². The van der Waals surface area contributed by atoms with E-state index < -0.39 is 0 Å². The van der Waals surface area contributed by atoms with Gasteiger partial charge in [-0.3, -0.25) is 0 Å². The van der Waals surface area contributed by atoms with Gasteiger partial charge < -0.3 is 0 Å². The van der Waals surface area contributed by atoms with E-state index in [9.17, 15) is 0 Å². The lowest BCUT2D eigenvalue weighted by Gasteiger charge is -2.07. The molecule has 0 amide bonds. The minimum atomic E-state index is 0.682. The van der Waals surface area contributed by atoms with Crippen LogP contribution in [0, 0.1) is 5.92 Å². The van der Waals surface area contributed by atoms with E-state index in [-0.39, 0.29) is 0 Å². The summed E-state index contributed by atoms with van der Waals surface area (Å²) >= 11 is 0. The fraction of sp³-hybridized carbons (Fsp3) is 0.467. The van der Waals surface area contributed by atoms with Crippen LogP contribution in [-0.4, -0.2) is 0 Å². The van der Waals surface area contributed by atoms with Gasteiger partial charge in [-0.25, -0.2) is 0 Å². The van der Waals surface area contributed by atoms with Crippen LogP contribution >= 0.6 is 0 Å². The molecule has 0 saturated carbocycles. The Morgan fingerprint density at radius 3 is 2.87 bits per heavy atom. The second-order valence-corrected chi connectivity index (χ2v) is 4.23. The standard InChI is InChI=1S/C15H22/c1-4-6-7-8-15-10-9-14(5-2)11-13(3)12-15/h4,6-9,11,15H,5,10,12H2,1-3H3. The molecule has 0 aromatic heterocycles. The van der Waals surface area contributed by atoms with Crippen LogP contribution in [0.25, 0.3) is 0 Å². The van der Waals surface area contributed by atoms with Crippen molar-refractivity contribution in [1.29, 1.82) is 0 Å². The molecule has 0 bridgehead atoms. The van der Waals surface area contributed by atoms with Gasteiger partial charge in [0.2, 0.25) is 0 Å². The molecule has 0 spiro atoms. The maximum Gasteiger partial charge on any atom is -0.0158 e. The quantitative estimate of drug-likeness (QED) is 0.576. The van der Waals surface area contributed by atoms with Crippen molar-refractivity contribution in [3.63, 3.8) is 0 Å². The highest BCUT2D eigenvalue weighted by molar-refractivity contribution is 5.26. The Labute approximate surface area is 94.1 Å². The van der Waals surface area contributed by atoms with Crippen LogP contribution in [0.5, 0.6) is 0 Å². The van der Waals surface area contributed by atoms with Crippen LogP contribution in [-0.2, 0) is 0 Å². The Morgan fingerprint density at radius 2 is 2.20 bits per heavy atom. The fourth-order valence-electron chi connectivity index (χ4n) is 1.96. The molecule has 0 nitrogen and oxygen atoms in total. The van der Waals surface area contributed by atoms with Gasteiger partial charge >= 0.3 is 0 Å². The Hall–Kier alpha value is -1.04. The second-order valence-electron chi connectivity index (χ2n) is 4.23. The van der Waals surface area contributed by atoms with E-state index in [2.05, 4.69) is 57.2 Å². The Bertz CT molecular complexity index is 300. The first kappa shape index (κ1) is 12.0. The molecule has 1 rings (SSSR count). The first-order valence-corrected chi connectivity index (χ1v) is 5.92. The van der Waals surface area contributed by atoms with E-state index in [1.54, 1.807) is 0 Å². The Kier molecular flexibility index (Phi) is 5.17. The van der Waals surface area contributed by atoms with Crippen molar-refractivity contribution in [1.82, 2.24) is 0 Å². The minimum absolute atomic E-state index is 0.682. The highest BCUT2D eigenvalue weighted by atomic mass is 14.1. The minimum Gasteiger partial charge on any atom is -0.0877 e. The topological polar surface area (TPSA) is 0 Å². The number of hydrogen-bond donors (Lipinski definition) is 0. The van der Waals surface area contributed by atoms with Gasteiger partial charge in [0.05, 0.1) is 0 Å². The van der Waals surface area contributed by atoms with Gasteiger partial charge in [-0.1, -0.05) is 54.5 Å². The number of rotatable bonds is 3. The van der Waals surface area contributed by atoms with E-state index in [0.29, 0.717) is 5.92 Å². The Balaban J connectivity index is 2.65. The van der Waals surface area contributed by atoms with Crippen molar-refractivity contribution in [3.8, 4) is 0 Å². The molecule has 0 N–H and O–H groups in total. The van der Waals surface area contributed by atoms with Crippen molar-refractivity contribution in [2.24, 2.45) is 5.92 Å². The van der Waals surface area contributed by atoms with Gasteiger partial charge in [0.1, 0.15) is 0 Å². The lowest BCUT2D eigenvalue weighted by molar-refractivity contribution is 0.658. The van der Waals surface area contributed by atoms with Crippen LogP contribution in [0.3, 0.4) is 0 Å². The predicted octanol–water partition coefficient (Wildman–Crippen LogP) is 4.81. The molecular formula is C15H22. The molecule has 0 saturated heterocycles. The average Bonchev–Trinajstić information content (AvgIpc) is 2.40. The second kappa shape index (κ2) is 6.44. The monoisotopic (exact) mass is 202 g/mol. The largest absolute Gasteiger partial charge is 0.0877 e. The lowest BCUT2D eigenvalue weighted by Crippen LogP contribution is -1.93. The van der Waals surface area contributed by atoms with Gasteiger partial charge in [-0.2, -0.15) is 0 Å². The molecule has 1 aliphatic carbocycles. The van der Waals surface area contributed by atoms with Crippen LogP contribution in [0.2, 0.25) is 0 Å². The van der Waals surface area contributed by atoms with Crippen LogP contribution in [0.1, 0.15) is 40.0 Å². The molecule has 15 heavy (non-hydrogen) atoms. The zero-order valence-electron chi connectivity index (χ0n) is 10.2. The number of allylic oxidation sites excluding steroid dienone is 8. The van der Waals surface area contributed by atoms with Crippen molar-refractivity contribution in [2.45, 2.75) is 40.0 Å². The maximum atomic E-state index is 2.39. The third-order valence-corrected chi connectivity index (χ3v) is 2.79. The number of hydrogen-bond acceptors (Lipinski definition) is 0. The van der Waals surface area contributed by atoms with Gasteiger partial charge in [0, 0.05) is 0 Å². The summed E-state index contributed by atoms with van der Waals surface area (Å²) in [5, 5.41) is 0. The average molecular weight is 202 g/mol. The fourth-order valence-corrected chi connectivity index (χ4v) is 1.96. The molecule has 1 aliphatic rings. The summed E-state index contributed by atoms with van der Waals surface area (Å²) < 4.78 is 0. The van der Waals surface area contributed by atoms with Crippen LogP contribution in [0.15, 0.2) is 47.6 Å². The summed E-state index contributed by atoms with van der Waals surface area (Å²) in [7, 11) is 0. The molecule has 0 heteroatoms. The van der Waals surface area contributed by atoms with Gasteiger partial charge in [0.25, 0.3) is 0 Å². The summed E-state index contributed by atoms with van der Waals surface area (Å²) in [6.45, 7) is 6.52. The van der Waals surface area contributed by atoms with Crippen molar-refractivity contribution in [3.05, 3.63) is 47.6 Å². The van der Waals surface area contributed by atoms with E-state index in [1.807, 2.05) is 0 Å². The zero-order valence-corrected chi connectivity index (χ0v) is 10.2. The molecule has 0 aromatic rings. The van der Waals surface area contributed by atoms with E-state index in [4.69, 9.17) is 0 Å². The first-order valence-electron chi connectivity index (χ1n) is 5.92. The predicted molar refractivity (Wildman–Crippen MR) is 68.8 cm³/mol.